The van der Waals surface area contributed by atoms with Crippen molar-refractivity contribution in [3.63, 3.8) is 0 Å². The first-order valence-corrected chi connectivity index (χ1v) is 11.3. The SMILES string of the molecule is O=S(=O)([O-])c1cccc2nc3c(cc12)N3.O=S(=O)([O-])c1cccc2nc3c(cc12)N3.[Na+].[Na+]. The van der Waals surface area contributed by atoms with Gasteiger partial charge in [-0.05, 0) is 36.4 Å². The van der Waals surface area contributed by atoms with E-state index in [0.29, 0.717) is 21.8 Å². The average Bonchev–Trinajstić information content (AvgIpc) is 3.57. The minimum atomic E-state index is -4.44. The topological polar surface area (TPSA) is 184 Å². The van der Waals surface area contributed by atoms with Crippen LogP contribution in [0.3, 0.4) is 0 Å². The molecule has 0 fully saturated rings. The third kappa shape index (κ3) is 4.94. The molecule has 10 nitrogen and oxygen atoms in total. The molecular weight excluding hydrogens is 478 g/mol. The number of nitrogens with zero attached hydrogens (tertiary/aromatic N) is 2. The van der Waals surface area contributed by atoms with Gasteiger partial charge >= 0.3 is 59.1 Å². The molecule has 0 saturated heterocycles. The Balaban J connectivity index is 0.000000170. The van der Waals surface area contributed by atoms with Gasteiger partial charge < -0.3 is 19.7 Å². The molecule has 0 saturated carbocycles. The molecule has 0 unspecified atom stereocenters. The van der Waals surface area contributed by atoms with Crippen molar-refractivity contribution >= 4 is 65.1 Å². The number of aromatic nitrogens is 2. The van der Waals surface area contributed by atoms with Crippen LogP contribution in [0.1, 0.15) is 0 Å². The second kappa shape index (κ2) is 8.80. The molecule has 4 aromatic rings. The second-order valence-corrected chi connectivity index (χ2v) is 9.27. The predicted molar refractivity (Wildman–Crippen MR) is 106 cm³/mol. The maximum absolute atomic E-state index is 11.0. The number of nitrogens with one attached hydrogen (secondary N) is 2. The molecule has 0 aliphatic carbocycles. The van der Waals surface area contributed by atoms with Gasteiger partial charge in [-0.25, -0.2) is 26.8 Å². The third-order valence-corrected chi connectivity index (χ3v) is 6.35. The van der Waals surface area contributed by atoms with Crippen molar-refractivity contribution in [1.82, 2.24) is 9.97 Å². The Bertz CT molecular complexity index is 1490. The van der Waals surface area contributed by atoms with E-state index in [9.17, 15) is 25.9 Å². The van der Waals surface area contributed by atoms with Crippen molar-refractivity contribution in [2.24, 2.45) is 0 Å². The molecule has 0 spiro atoms. The van der Waals surface area contributed by atoms with Crippen LogP contribution < -0.4 is 69.7 Å². The van der Waals surface area contributed by atoms with Crippen LogP contribution >= 0.6 is 0 Å². The molecule has 0 amide bonds. The maximum atomic E-state index is 11.0. The number of fused-ring (bicyclic) bond motifs is 4. The van der Waals surface area contributed by atoms with Gasteiger partial charge in [0.2, 0.25) is 0 Å². The summed E-state index contributed by atoms with van der Waals surface area (Å²) in [6.45, 7) is 0. The molecule has 4 heterocycles. The molecule has 2 aromatic carbocycles. The smallest absolute Gasteiger partial charge is 0.744 e. The van der Waals surface area contributed by atoms with Crippen LogP contribution in [0.2, 0.25) is 0 Å². The maximum Gasteiger partial charge on any atom is 1.00 e. The summed E-state index contributed by atoms with van der Waals surface area (Å²) < 4.78 is 65.8. The molecule has 2 aliphatic rings. The minimum absolute atomic E-state index is 0. The quantitative estimate of drug-likeness (QED) is 0.140. The van der Waals surface area contributed by atoms with E-state index in [1.807, 2.05) is 0 Å². The Kier molecular flexibility index (Phi) is 6.96. The number of anilines is 4. The monoisotopic (exact) mass is 488 g/mol. The molecular formula is C18H10N4Na2O6S2. The van der Waals surface area contributed by atoms with Crippen molar-refractivity contribution in [3.05, 3.63) is 48.5 Å². The van der Waals surface area contributed by atoms with Gasteiger partial charge in [0.15, 0.2) is 11.6 Å². The van der Waals surface area contributed by atoms with Crippen LogP contribution in [0.5, 0.6) is 0 Å². The van der Waals surface area contributed by atoms with Crippen molar-refractivity contribution in [2.75, 3.05) is 10.6 Å². The van der Waals surface area contributed by atoms with E-state index in [1.165, 1.54) is 24.3 Å². The van der Waals surface area contributed by atoms with Gasteiger partial charge in [0, 0.05) is 10.8 Å². The van der Waals surface area contributed by atoms with Crippen LogP contribution in [-0.4, -0.2) is 35.9 Å². The summed E-state index contributed by atoms with van der Waals surface area (Å²) in [5.74, 6) is 1.48. The van der Waals surface area contributed by atoms with Crippen molar-refractivity contribution < 1.29 is 85.1 Å². The molecule has 2 N–H and O–H groups in total. The van der Waals surface area contributed by atoms with E-state index < -0.39 is 20.2 Å². The molecule has 2 aromatic heterocycles. The zero-order chi connectivity index (χ0) is 21.3. The van der Waals surface area contributed by atoms with Crippen LogP contribution in [0.25, 0.3) is 21.8 Å². The zero-order valence-corrected chi connectivity index (χ0v) is 22.4. The van der Waals surface area contributed by atoms with Gasteiger partial charge in [0.1, 0.15) is 20.2 Å². The standard InChI is InChI=1S/2C9H6N2O3S.2Na/c2*12-15(13,14)8-3-1-2-6-5(8)4-7-9(10-6)11-7;;/h2*1-4H,(H,10,11)(H,12,13,14);;/q;;2*+1/p-2. The first-order chi connectivity index (χ1) is 14.1. The summed E-state index contributed by atoms with van der Waals surface area (Å²) in [5, 5.41) is 6.48. The summed E-state index contributed by atoms with van der Waals surface area (Å²) in [4.78, 5) is 7.82. The Labute approximate surface area is 226 Å². The number of rotatable bonds is 2. The fourth-order valence-electron chi connectivity index (χ4n) is 3.09. The summed E-state index contributed by atoms with van der Waals surface area (Å²) in [5.41, 5.74) is 2.57. The largest absolute Gasteiger partial charge is 1.00 e. The number of benzene rings is 2. The predicted octanol–water partition coefficient (Wildman–Crippen LogP) is -3.60. The Morgan fingerprint density at radius 2 is 1.03 bits per heavy atom. The van der Waals surface area contributed by atoms with Gasteiger partial charge in [0.05, 0.1) is 32.2 Å². The number of hydrogen-bond acceptors (Lipinski definition) is 10. The Hall–Kier alpha value is -1.32. The van der Waals surface area contributed by atoms with Gasteiger partial charge in [0.25, 0.3) is 0 Å². The number of hydrogen-bond donors (Lipinski definition) is 2. The van der Waals surface area contributed by atoms with Crippen molar-refractivity contribution in [2.45, 2.75) is 9.79 Å². The molecule has 6 rings (SSSR count). The zero-order valence-electron chi connectivity index (χ0n) is 16.8. The van der Waals surface area contributed by atoms with E-state index in [1.54, 1.807) is 24.3 Å². The first kappa shape index (κ1) is 25.3. The third-order valence-electron chi connectivity index (χ3n) is 4.56. The molecule has 0 radical (unpaired) electrons. The molecule has 14 heteroatoms. The average molecular weight is 488 g/mol. The van der Waals surface area contributed by atoms with Gasteiger partial charge in [-0.2, -0.15) is 0 Å². The molecule has 2 aliphatic heterocycles. The normalized spacial score (nSPS) is 12.6. The molecule has 0 bridgehead atoms. The van der Waals surface area contributed by atoms with E-state index in [4.69, 9.17) is 0 Å². The summed E-state index contributed by atoms with van der Waals surface area (Å²) in [6.07, 6.45) is 0. The van der Waals surface area contributed by atoms with Gasteiger partial charge in [-0.15, -0.1) is 0 Å². The summed E-state index contributed by atoms with van der Waals surface area (Å²) in [7, 11) is -8.88. The van der Waals surface area contributed by atoms with Crippen molar-refractivity contribution in [3.8, 4) is 0 Å². The Morgan fingerprint density at radius 1 is 0.656 bits per heavy atom. The van der Waals surface area contributed by atoms with Crippen LogP contribution in [0.15, 0.2) is 58.3 Å². The van der Waals surface area contributed by atoms with Crippen LogP contribution in [-0.2, 0) is 20.2 Å². The first-order valence-electron chi connectivity index (χ1n) is 8.45. The van der Waals surface area contributed by atoms with E-state index in [2.05, 4.69) is 20.6 Å². The van der Waals surface area contributed by atoms with Gasteiger partial charge in [-0.3, -0.25) is 0 Å². The van der Waals surface area contributed by atoms with E-state index >= 15 is 0 Å². The second-order valence-electron chi connectivity index (χ2n) is 6.57. The Morgan fingerprint density at radius 3 is 1.38 bits per heavy atom. The van der Waals surface area contributed by atoms with E-state index in [-0.39, 0.29) is 68.9 Å². The van der Waals surface area contributed by atoms with Crippen LogP contribution in [0.4, 0.5) is 23.0 Å². The minimum Gasteiger partial charge on any atom is -0.744 e. The molecule has 0 atom stereocenters. The fraction of sp³-hybridized carbons (Fsp3) is 0. The fourth-order valence-corrected chi connectivity index (χ4v) is 4.45. The van der Waals surface area contributed by atoms with Gasteiger partial charge in [-0.1, -0.05) is 12.1 Å². The van der Waals surface area contributed by atoms with Crippen molar-refractivity contribution in [1.29, 1.82) is 0 Å². The van der Waals surface area contributed by atoms with E-state index in [0.717, 1.165) is 23.0 Å². The summed E-state index contributed by atoms with van der Waals surface area (Å²) in [6, 6.07) is 12.2. The number of pyridine rings is 2. The molecule has 32 heavy (non-hydrogen) atoms. The van der Waals surface area contributed by atoms with Crippen LogP contribution in [0, 0.1) is 0 Å². The summed E-state index contributed by atoms with van der Waals surface area (Å²) >= 11 is 0. The molecule has 152 valence electrons.